The van der Waals surface area contributed by atoms with Gasteiger partial charge in [0.1, 0.15) is 5.75 Å². The largest absolute Gasteiger partial charge is 0.496 e. The quantitative estimate of drug-likeness (QED) is 0.410. The maximum atomic E-state index is 13.4. The number of methoxy groups -OCH3 is 1. The van der Waals surface area contributed by atoms with Crippen molar-refractivity contribution in [2.75, 3.05) is 21.2 Å². The Morgan fingerprint density at radius 3 is 2.47 bits per heavy atom. The fraction of sp³-hybridized carbons (Fsp3) is 0.263. The molecule has 15 heteroatoms. The summed E-state index contributed by atoms with van der Waals surface area (Å²) in [5.41, 5.74) is 1.49. The van der Waals surface area contributed by atoms with E-state index in [1.807, 2.05) is 19.0 Å². The predicted molar refractivity (Wildman–Crippen MR) is 120 cm³/mol. The second-order valence-electron chi connectivity index (χ2n) is 7.10. The molecule has 0 aliphatic heterocycles. The molecule has 184 valence electrons. The van der Waals surface area contributed by atoms with Gasteiger partial charge in [0, 0.05) is 35.3 Å². The van der Waals surface area contributed by atoms with Crippen molar-refractivity contribution in [3.8, 4) is 5.75 Å². The predicted octanol–water partition coefficient (Wildman–Crippen LogP) is 3.94. The molecule has 0 atom stereocenters. The van der Waals surface area contributed by atoms with E-state index < -0.39 is 22.2 Å². The number of carboxylic acid groups (broad SMARTS) is 1. The van der Waals surface area contributed by atoms with Crippen LogP contribution in [0.5, 0.6) is 5.75 Å². The summed E-state index contributed by atoms with van der Waals surface area (Å²) in [6, 6.07) is 5.31. The first-order chi connectivity index (χ1) is 15.8. The lowest BCUT2D eigenvalue weighted by Gasteiger charge is -2.15. The number of aromatic nitrogens is 3. The van der Waals surface area contributed by atoms with E-state index in [0.29, 0.717) is 22.8 Å². The highest BCUT2D eigenvalue weighted by Gasteiger charge is 2.38. The number of thiazole rings is 1. The zero-order valence-electron chi connectivity index (χ0n) is 17.9. The first kappa shape index (κ1) is 25.8. The Kier molecular flexibility index (Phi) is 7.17. The SMILES string of the molecule is COc1ccc2c(ccn2S(=O)(=O)c2c(Cl)nc3sccn23)c1CN(C)C.O=C(O)C(F)(F)F. The number of halogens is 4. The van der Waals surface area contributed by atoms with Crippen molar-refractivity contribution in [3.05, 3.63) is 46.7 Å². The molecule has 0 saturated heterocycles. The summed E-state index contributed by atoms with van der Waals surface area (Å²) in [7, 11) is 1.57. The van der Waals surface area contributed by atoms with Gasteiger partial charge in [0.15, 0.2) is 10.1 Å². The Bertz CT molecular complexity index is 1460. The van der Waals surface area contributed by atoms with E-state index in [-0.39, 0.29) is 10.2 Å². The van der Waals surface area contributed by atoms with Crippen molar-refractivity contribution >= 4 is 54.8 Å². The lowest BCUT2D eigenvalue weighted by atomic mass is 10.1. The first-order valence-electron chi connectivity index (χ1n) is 9.27. The third kappa shape index (κ3) is 4.85. The minimum absolute atomic E-state index is 0.0364. The fourth-order valence-electron chi connectivity index (χ4n) is 3.18. The van der Waals surface area contributed by atoms with Gasteiger partial charge in [-0.3, -0.25) is 4.40 Å². The summed E-state index contributed by atoms with van der Waals surface area (Å²) >= 11 is 7.49. The normalized spacial score (nSPS) is 12.2. The van der Waals surface area contributed by atoms with Crippen LogP contribution in [-0.2, 0) is 21.4 Å². The number of carboxylic acids is 1. The number of aliphatic carboxylic acids is 1. The van der Waals surface area contributed by atoms with Crippen molar-refractivity contribution in [1.82, 2.24) is 18.3 Å². The fourth-order valence-corrected chi connectivity index (χ4v) is 5.94. The van der Waals surface area contributed by atoms with Crippen LogP contribution in [0.4, 0.5) is 13.2 Å². The van der Waals surface area contributed by atoms with Crippen LogP contribution in [0.3, 0.4) is 0 Å². The molecule has 0 bridgehead atoms. The molecule has 0 aliphatic carbocycles. The molecule has 1 N–H and O–H groups in total. The minimum atomic E-state index is -5.08. The Morgan fingerprint density at radius 2 is 1.91 bits per heavy atom. The summed E-state index contributed by atoms with van der Waals surface area (Å²) in [6.07, 6.45) is -1.89. The van der Waals surface area contributed by atoms with Gasteiger partial charge in [-0.1, -0.05) is 11.6 Å². The molecule has 0 unspecified atom stereocenters. The standard InChI is InChI=1S/C17H17ClN4O3S2.C2HF3O2/c1-20(2)10-12-11-6-7-22(13(11)4-5-14(12)25-3)27(23,24)16-15(18)19-17-21(16)8-9-26-17;3-2(4,5)1(6)7/h4-9H,10H2,1-3H3;(H,6,7). The maximum absolute atomic E-state index is 13.4. The van der Waals surface area contributed by atoms with E-state index in [0.717, 1.165) is 10.9 Å². The number of rotatable bonds is 5. The molecule has 0 saturated carbocycles. The van der Waals surface area contributed by atoms with Crippen LogP contribution in [0.25, 0.3) is 15.9 Å². The maximum Gasteiger partial charge on any atom is 0.490 e. The molecule has 0 radical (unpaired) electrons. The number of hydrogen-bond donors (Lipinski definition) is 1. The van der Waals surface area contributed by atoms with E-state index in [9.17, 15) is 21.6 Å². The molecular formula is C19H18ClF3N4O5S2. The summed E-state index contributed by atoms with van der Waals surface area (Å²) in [6.45, 7) is 0.618. The number of carbonyl (C=O) groups is 1. The molecule has 0 spiro atoms. The number of nitrogens with zero attached hydrogens (tertiary/aromatic N) is 4. The van der Waals surface area contributed by atoms with Crippen LogP contribution in [0, 0.1) is 0 Å². The van der Waals surface area contributed by atoms with Crippen molar-refractivity contribution in [2.24, 2.45) is 0 Å². The van der Waals surface area contributed by atoms with Crippen LogP contribution < -0.4 is 4.74 Å². The minimum Gasteiger partial charge on any atom is -0.496 e. The second-order valence-corrected chi connectivity index (χ2v) is 10.1. The molecule has 3 aromatic heterocycles. The van der Waals surface area contributed by atoms with Gasteiger partial charge >= 0.3 is 12.1 Å². The number of ether oxygens (including phenoxy) is 1. The van der Waals surface area contributed by atoms with Gasteiger partial charge < -0.3 is 14.7 Å². The highest BCUT2D eigenvalue weighted by molar-refractivity contribution is 7.90. The number of hydrogen-bond acceptors (Lipinski definition) is 7. The van der Waals surface area contributed by atoms with Gasteiger partial charge in [0.2, 0.25) is 5.03 Å². The topological polar surface area (TPSA) is 106 Å². The Hall–Kier alpha value is -2.81. The van der Waals surface area contributed by atoms with E-state index in [2.05, 4.69) is 4.98 Å². The summed E-state index contributed by atoms with van der Waals surface area (Å²) in [5, 5.41) is 9.63. The summed E-state index contributed by atoms with van der Waals surface area (Å²) in [4.78, 5) is 15.6. The van der Waals surface area contributed by atoms with Gasteiger partial charge in [-0.25, -0.2) is 13.8 Å². The number of imidazole rings is 1. The van der Waals surface area contributed by atoms with Gasteiger partial charge in [0.05, 0.1) is 12.6 Å². The highest BCUT2D eigenvalue weighted by Crippen LogP contribution is 2.33. The lowest BCUT2D eigenvalue weighted by molar-refractivity contribution is -0.192. The summed E-state index contributed by atoms with van der Waals surface area (Å²) < 4.78 is 66.7. The van der Waals surface area contributed by atoms with Crippen LogP contribution in [0.15, 0.2) is 41.0 Å². The van der Waals surface area contributed by atoms with Crippen molar-refractivity contribution < 1.29 is 36.2 Å². The highest BCUT2D eigenvalue weighted by atomic mass is 35.5. The van der Waals surface area contributed by atoms with Gasteiger partial charge in [-0.2, -0.15) is 21.6 Å². The van der Waals surface area contributed by atoms with E-state index in [1.165, 1.54) is 19.7 Å². The number of alkyl halides is 3. The molecule has 4 rings (SSSR count). The molecule has 34 heavy (non-hydrogen) atoms. The van der Waals surface area contributed by atoms with Crippen molar-refractivity contribution in [3.63, 3.8) is 0 Å². The average molecular weight is 539 g/mol. The zero-order valence-corrected chi connectivity index (χ0v) is 20.3. The Labute approximate surface area is 200 Å². The van der Waals surface area contributed by atoms with Crippen LogP contribution in [0.1, 0.15) is 5.56 Å². The van der Waals surface area contributed by atoms with Crippen LogP contribution >= 0.6 is 22.9 Å². The van der Waals surface area contributed by atoms with Crippen LogP contribution in [-0.4, -0.2) is 65.1 Å². The third-order valence-corrected chi connectivity index (χ3v) is 7.37. The van der Waals surface area contributed by atoms with Crippen LogP contribution in [0.2, 0.25) is 5.15 Å². The van der Waals surface area contributed by atoms with Gasteiger partial charge in [-0.15, -0.1) is 11.3 Å². The van der Waals surface area contributed by atoms with Crippen molar-refractivity contribution in [2.45, 2.75) is 17.7 Å². The Balaban J connectivity index is 0.000000406. The van der Waals surface area contributed by atoms with Gasteiger partial charge in [-0.05, 0) is 32.3 Å². The van der Waals surface area contributed by atoms with Gasteiger partial charge in [0.25, 0.3) is 10.0 Å². The second kappa shape index (κ2) is 9.44. The first-order valence-corrected chi connectivity index (χ1v) is 12.0. The third-order valence-electron chi connectivity index (χ3n) is 4.52. The Morgan fingerprint density at radius 1 is 1.26 bits per heavy atom. The van der Waals surface area contributed by atoms with E-state index in [1.54, 1.807) is 43.1 Å². The average Bonchev–Trinajstić information content (AvgIpc) is 3.41. The van der Waals surface area contributed by atoms with E-state index in [4.69, 9.17) is 26.2 Å². The zero-order chi connectivity index (χ0) is 25.4. The smallest absolute Gasteiger partial charge is 0.490 e. The molecule has 4 aromatic rings. The molecule has 0 aliphatic rings. The molecule has 3 heterocycles. The lowest BCUT2D eigenvalue weighted by Crippen LogP contribution is -2.21. The monoisotopic (exact) mass is 538 g/mol. The molecule has 0 fully saturated rings. The molecule has 1 aromatic carbocycles. The number of benzene rings is 1. The summed E-state index contributed by atoms with van der Waals surface area (Å²) in [5.74, 6) is -2.04. The molecular weight excluding hydrogens is 521 g/mol. The van der Waals surface area contributed by atoms with Crippen molar-refractivity contribution in [1.29, 1.82) is 0 Å². The molecule has 0 amide bonds. The number of fused-ring (bicyclic) bond motifs is 2. The molecule has 9 nitrogen and oxygen atoms in total. The van der Waals surface area contributed by atoms with E-state index >= 15 is 0 Å².